The fraction of sp³-hybridized carbons (Fsp3) is 0.267. The third-order valence-electron chi connectivity index (χ3n) is 3.39. The van der Waals surface area contributed by atoms with Crippen LogP contribution in [0.25, 0.3) is 10.8 Å². The van der Waals surface area contributed by atoms with E-state index in [0.29, 0.717) is 6.54 Å². The van der Waals surface area contributed by atoms with E-state index in [9.17, 15) is 0 Å². The highest BCUT2D eigenvalue weighted by Gasteiger charge is 2.04. The number of fused-ring (bicyclic) bond motifs is 1. The van der Waals surface area contributed by atoms with Crippen LogP contribution in [-0.4, -0.2) is 19.7 Å². The molecule has 3 rings (SSSR count). The molecule has 0 atom stereocenters. The molecule has 0 aliphatic carbocycles. The second-order valence-corrected chi connectivity index (χ2v) is 4.66. The average Bonchev–Trinajstić information content (AvgIpc) is 2.95. The van der Waals surface area contributed by atoms with Gasteiger partial charge in [-0.2, -0.15) is 0 Å². The standard InChI is InChI=1S/C15H17N5/c1-2-20-11-18-19-15(20)10-17-9-13-8-16-7-12-5-3-4-6-14(12)13/h3-8,11,17H,2,9-10H2,1H3. The van der Waals surface area contributed by atoms with Crippen molar-refractivity contribution in [1.82, 2.24) is 25.1 Å². The molecule has 1 N–H and O–H groups in total. The lowest BCUT2D eigenvalue weighted by Gasteiger charge is -2.08. The third kappa shape index (κ3) is 2.53. The van der Waals surface area contributed by atoms with Crippen molar-refractivity contribution in [2.45, 2.75) is 26.6 Å². The fourth-order valence-electron chi connectivity index (χ4n) is 2.31. The van der Waals surface area contributed by atoms with Crippen LogP contribution in [0.4, 0.5) is 0 Å². The minimum absolute atomic E-state index is 0.705. The molecule has 102 valence electrons. The number of benzene rings is 1. The summed E-state index contributed by atoms with van der Waals surface area (Å²) in [7, 11) is 0. The Kier molecular flexibility index (Phi) is 3.69. The smallest absolute Gasteiger partial charge is 0.146 e. The van der Waals surface area contributed by atoms with Gasteiger partial charge in [0.15, 0.2) is 0 Å². The highest BCUT2D eigenvalue weighted by Crippen LogP contribution is 2.16. The molecule has 0 radical (unpaired) electrons. The molecule has 3 aromatic rings. The number of nitrogens with zero attached hydrogens (tertiary/aromatic N) is 4. The molecule has 0 saturated heterocycles. The van der Waals surface area contributed by atoms with E-state index < -0.39 is 0 Å². The summed E-state index contributed by atoms with van der Waals surface area (Å²) in [5.74, 6) is 0.959. The van der Waals surface area contributed by atoms with Gasteiger partial charge in [-0.05, 0) is 17.9 Å². The van der Waals surface area contributed by atoms with Crippen LogP contribution in [0.15, 0.2) is 43.0 Å². The molecule has 5 nitrogen and oxygen atoms in total. The summed E-state index contributed by atoms with van der Waals surface area (Å²) in [5, 5.41) is 13.9. The van der Waals surface area contributed by atoms with Crippen LogP contribution < -0.4 is 5.32 Å². The van der Waals surface area contributed by atoms with Crippen molar-refractivity contribution in [3.8, 4) is 0 Å². The van der Waals surface area contributed by atoms with Crippen LogP contribution in [-0.2, 0) is 19.6 Å². The predicted octanol–water partition coefficient (Wildman–Crippen LogP) is 2.14. The summed E-state index contributed by atoms with van der Waals surface area (Å²) in [6.45, 7) is 4.45. The molecule has 5 heteroatoms. The minimum atomic E-state index is 0.705. The maximum absolute atomic E-state index is 4.29. The van der Waals surface area contributed by atoms with Crippen molar-refractivity contribution in [2.24, 2.45) is 0 Å². The van der Waals surface area contributed by atoms with Crippen molar-refractivity contribution >= 4 is 10.8 Å². The van der Waals surface area contributed by atoms with Crippen LogP contribution in [0.5, 0.6) is 0 Å². The molecule has 1 aromatic carbocycles. The van der Waals surface area contributed by atoms with Gasteiger partial charge in [-0.3, -0.25) is 4.98 Å². The first-order chi connectivity index (χ1) is 9.88. The number of pyridine rings is 1. The van der Waals surface area contributed by atoms with Gasteiger partial charge in [0.05, 0.1) is 6.54 Å². The molecule has 0 unspecified atom stereocenters. The van der Waals surface area contributed by atoms with Gasteiger partial charge >= 0.3 is 0 Å². The summed E-state index contributed by atoms with van der Waals surface area (Å²) in [6.07, 6.45) is 5.57. The second-order valence-electron chi connectivity index (χ2n) is 4.66. The first-order valence-corrected chi connectivity index (χ1v) is 6.77. The molecule has 20 heavy (non-hydrogen) atoms. The Labute approximate surface area is 117 Å². The Morgan fingerprint density at radius 3 is 2.95 bits per heavy atom. The summed E-state index contributed by atoms with van der Waals surface area (Å²) in [5.41, 5.74) is 1.20. The number of aryl methyl sites for hydroxylation is 1. The number of hydrogen-bond donors (Lipinski definition) is 1. The summed E-state index contributed by atoms with van der Waals surface area (Å²) in [4.78, 5) is 4.29. The normalized spacial score (nSPS) is 11.1. The van der Waals surface area contributed by atoms with Gasteiger partial charge in [-0.15, -0.1) is 10.2 Å². The Morgan fingerprint density at radius 1 is 1.15 bits per heavy atom. The molecule has 0 fully saturated rings. The van der Waals surface area contributed by atoms with Gasteiger partial charge in [0.2, 0.25) is 0 Å². The maximum Gasteiger partial charge on any atom is 0.146 e. The molecular weight excluding hydrogens is 250 g/mol. The Balaban J connectivity index is 1.71. The van der Waals surface area contributed by atoms with E-state index in [2.05, 4.69) is 45.6 Å². The molecule has 2 heterocycles. The number of aromatic nitrogens is 4. The highest BCUT2D eigenvalue weighted by molar-refractivity contribution is 5.84. The SMILES string of the molecule is CCn1cnnc1CNCc1cncc2ccccc12. The summed E-state index contributed by atoms with van der Waals surface area (Å²) in [6, 6.07) is 8.30. The van der Waals surface area contributed by atoms with E-state index >= 15 is 0 Å². The van der Waals surface area contributed by atoms with Crippen LogP contribution in [0.2, 0.25) is 0 Å². The fourth-order valence-corrected chi connectivity index (χ4v) is 2.31. The zero-order valence-electron chi connectivity index (χ0n) is 11.5. The van der Waals surface area contributed by atoms with Gasteiger partial charge in [0.1, 0.15) is 12.2 Å². The van der Waals surface area contributed by atoms with Crippen molar-refractivity contribution in [3.05, 3.63) is 54.4 Å². The quantitative estimate of drug-likeness (QED) is 0.769. The van der Waals surface area contributed by atoms with Crippen LogP contribution in [0.3, 0.4) is 0 Å². The topological polar surface area (TPSA) is 55.6 Å². The van der Waals surface area contributed by atoms with Gasteiger partial charge < -0.3 is 9.88 Å². The predicted molar refractivity (Wildman–Crippen MR) is 78.0 cm³/mol. The molecule has 0 saturated carbocycles. The molecule has 0 spiro atoms. The van der Waals surface area contributed by atoms with E-state index in [1.165, 1.54) is 16.3 Å². The number of nitrogens with one attached hydrogen (secondary N) is 1. The number of hydrogen-bond acceptors (Lipinski definition) is 4. The molecule has 0 bridgehead atoms. The van der Waals surface area contributed by atoms with Crippen LogP contribution >= 0.6 is 0 Å². The van der Waals surface area contributed by atoms with Crippen molar-refractivity contribution in [3.63, 3.8) is 0 Å². The highest BCUT2D eigenvalue weighted by atomic mass is 15.3. The molecular formula is C15H17N5. The van der Waals surface area contributed by atoms with Gasteiger partial charge in [0.25, 0.3) is 0 Å². The van der Waals surface area contributed by atoms with Crippen molar-refractivity contribution in [1.29, 1.82) is 0 Å². The maximum atomic E-state index is 4.29. The zero-order valence-corrected chi connectivity index (χ0v) is 11.5. The molecule has 0 aliphatic rings. The van der Waals surface area contributed by atoms with E-state index in [0.717, 1.165) is 18.9 Å². The zero-order chi connectivity index (χ0) is 13.8. The number of rotatable bonds is 5. The second kappa shape index (κ2) is 5.79. The molecule has 2 aromatic heterocycles. The monoisotopic (exact) mass is 267 g/mol. The lowest BCUT2D eigenvalue weighted by molar-refractivity contribution is 0.613. The largest absolute Gasteiger partial charge is 0.317 e. The first kappa shape index (κ1) is 12.7. The van der Waals surface area contributed by atoms with Gasteiger partial charge in [0, 0.05) is 30.9 Å². The lowest BCUT2D eigenvalue weighted by atomic mass is 10.1. The van der Waals surface area contributed by atoms with Gasteiger partial charge in [-0.25, -0.2) is 0 Å². The van der Waals surface area contributed by atoms with E-state index in [1.807, 2.05) is 23.0 Å². The van der Waals surface area contributed by atoms with E-state index in [4.69, 9.17) is 0 Å². The molecule has 0 aliphatic heterocycles. The first-order valence-electron chi connectivity index (χ1n) is 6.77. The van der Waals surface area contributed by atoms with E-state index in [-0.39, 0.29) is 0 Å². The van der Waals surface area contributed by atoms with Crippen molar-refractivity contribution in [2.75, 3.05) is 0 Å². The lowest BCUT2D eigenvalue weighted by Crippen LogP contribution is -2.16. The van der Waals surface area contributed by atoms with Gasteiger partial charge in [-0.1, -0.05) is 24.3 Å². The van der Waals surface area contributed by atoms with E-state index in [1.54, 1.807) is 6.33 Å². The van der Waals surface area contributed by atoms with Crippen molar-refractivity contribution < 1.29 is 0 Å². The Bertz CT molecular complexity index is 699. The summed E-state index contributed by atoms with van der Waals surface area (Å²) >= 11 is 0. The average molecular weight is 267 g/mol. The third-order valence-corrected chi connectivity index (χ3v) is 3.39. The molecule has 0 amide bonds. The Hall–Kier alpha value is -2.27. The minimum Gasteiger partial charge on any atom is -0.317 e. The van der Waals surface area contributed by atoms with Crippen LogP contribution in [0.1, 0.15) is 18.3 Å². The Morgan fingerprint density at radius 2 is 2.05 bits per heavy atom. The van der Waals surface area contributed by atoms with Crippen LogP contribution in [0, 0.1) is 0 Å². The summed E-state index contributed by atoms with van der Waals surface area (Å²) < 4.78 is 2.04.